The first-order chi connectivity index (χ1) is 4.68. The second-order valence-electron chi connectivity index (χ2n) is 1.30. The fourth-order valence-electron chi connectivity index (χ4n) is 0.231. The van der Waals surface area contributed by atoms with E-state index in [1.54, 1.807) is 0 Å². The first-order valence-electron chi connectivity index (χ1n) is 3.12. The molecule has 0 aromatic carbocycles. The molecule has 0 fully saturated rings. The van der Waals surface area contributed by atoms with E-state index in [0.29, 0.717) is 0 Å². The van der Waals surface area contributed by atoms with Gasteiger partial charge in [-0.1, -0.05) is 26.5 Å². The third-order valence-corrected chi connectivity index (χ3v) is 0.647. The molecular weight excluding hydrogens is 130 g/mol. The molecule has 3 heteroatoms. The Labute approximate surface area is 61.2 Å². The van der Waals surface area contributed by atoms with Crippen LogP contribution in [0.3, 0.4) is 0 Å². The number of rotatable bonds is 2. The van der Waals surface area contributed by atoms with Crippen molar-refractivity contribution < 1.29 is 4.92 Å². The van der Waals surface area contributed by atoms with Crippen LogP contribution in [0.25, 0.3) is 0 Å². The fraction of sp³-hybridized carbons (Fsp3) is 0.429. The molecule has 10 heavy (non-hydrogen) atoms. The number of allylic oxidation sites excluding steroid dienone is 3. The molecule has 0 saturated heterocycles. The summed E-state index contributed by atoms with van der Waals surface area (Å²) >= 11 is 0. The molecule has 0 aliphatic heterocycles. The average molecular weight is 143 g/mol. The molecule has 0 rings (SSSR count). The molecule has 0 aromatic rings. The molecule has 0 amide bonds. The van der Waals surface area contributed by atoms with E-state index in [9.17, 15) is 10.1 Å². The summed E-state index contributed by atoms with van der Waals surface area (Å²) in [5.41, 5.74) is 0.111. The van der Waals surface area contributed by atoms with Crippen molar-refractivity contribution in [2.75, 3.05) is 0 Å². The van der Waals surface area contributed by atoms with Gasteiger partial charge in [-0.15, -0.1) is 0 Å². The maximum absolute atomic E-state index is 9.78. The summed E-state index contributed by atoms with van der Waals surface area (Å²) in [6, 6.07) is 0. The third-order valence-electron chi connectivity index (χ3n) is 0.647. The molecule has 0 aromatic heterocycles. The van der Waals surface area contributed by atoms with Crippen molar-refractivity contribution in [1.82, 2.24) is 0 Å². The molecule has 0 bridgehead atoms. The lowest BCUT2D eigenvalue weighted by Gasteiger charge is -1.82. The second-order valence-corrected chi connectivity index (χ2v) is 1.30. The average Bonchev–Trinajstić information content (AvgIpc) is 1.93. The summed E-state index contributed by atoms with van der Waals surface area (Å²) in [6.45, 7) is 8.72. The van der Waals surface area contributed by atoms with Gasteiger partial charge >= 0.3 is 0 Å². The Morgan fingerprint density at radius 1 is 1.60 bits per heavy atom. The number of hydrogen-bond donors (Lipinski definition) is 0. The highest BCUT2D eigenvalue weighted by Gasteiger charge is 1.95. The van der Waals surface area contributed by atoms with Crippen LogP contribution in [0.1, 0.15) is 20.8 Å². The second kappa shape index (κ2) is 7.88. The lowest BCUT2D eigenvalue weighted by molar-refractivity contribution is -0.424. The van der Waals surface area contributed by atoms with Crippen LogP contribution < -0.4 is 0 Å². The number of hydrogen-bond acceptors (Lipinski definition) is 2. The number of nitrogens with zero attached hydrogens (tertiary/aromatic N) is 1. The van der Waals surface area contributed by atoms with Gasteiger partial charge in [-0.25, -0.2) is 0 Å². The van der Waals surface area contributed by atoms with Crippen molar-refractivity contribution in [3.8, 4) is 0 Å². The lowest BCUT2D eigenvalue weighted by atomic mass is 10.4. The molecule has 0 atom stereocenters. The molecule has 0 aliphatic rings. The zero-order valence-corrected chi connectivity index (χ0v) is 6.63. The van der Waals surface area contributed by atoms with Crippen LogP contribution >= 0.6 is 0 Å². The molecule has 3 nitrogen and oxygen atoms in total. The van der Waals surface area contributed by atoms with Crippen molar-refractivity contribution in [2.45, 2.75) is 20.8 Å². The topological polar surface area (TPSA) is 43.1 Å². The Balaban J connectivity index is 0. The fourth-order valence-corrected chi connectivity index (χ4v) is 0.231. The molecule has 0 saturated carbocycles. The lowest BCUT2D eigenvalue weighted by Crippen LogP contribution is -1.91. The van der Waals surface area contributed by atoms with Crippen molar-refractivity contribution in [3.63, 3.8) is 0 Å². The third kappa shape index (κ3) is 6.88. The van der Waals surface area contributed by atoms with Crippen molar-refractivity contribution in [2.24, 2.45) is 0 Å². The first kappa shape index (κ1) is 11.6. The summed E-state index contributed by atoms with van der Waals surface area (Å²) in [5.74, 6) is 0. The van der Waals surface area contributed by atoms with Gasteiger partial charge in [-0.3, -0.25) is 10.1 Å². The predicted octanol–water partition coefficient (Wildman–Crippen LogP) is 2.38. The van der Waals surface area contributed by atoms with E-state index in [1.165, 1.54) is 19.1 Å². The molecule has 0 aliphatic carbocycles. The minimum Gasteiger partial charge on any atom is -0.259 e. The van der Waals surface area contributed by atoms with Crippen molar-refractivity contribution in [1.29, 1.82) is 0 Å². The summed E-state index contributed by atoms with van der Waals surface area (Å²) in [6.07, 6.45) is 2.73. The molecule has 0 N–H and O–H groups in total. The van der Waals surface area contributed by atoms with Crippen LogP contribution in [-0.2, 0) is 0 Å². The summed E-state index contributed by atoms with van der Waals surface area (Å²) < 4.78 is 0. The van der Waals surface area contributed by atoms with Gasteiger partial charge in [0.05, 0.1) is 4.92 Å². The molecular formula is C7H13NO2. The van der Waals surface area contributed by atoms with E-state index in [0.717, 1.165) is 0 Å². The van der Waals surface area contributed by atoms with Gasteiger partial charge in [-0.2, -0.15) is 0 Å². The van der Waals surface area contributed by atoms with Gasteiger partial charge in [0.1, 0.15) is 0 Å². The van der Waals surface area contributed by atoms with Gasteiger partial charge in [0, 0.05) is 13.0 Å². The van der Waals surface area contributed by atoms with E-state index in [2.05, 4.69) is 6.58 Å². The van der Waals surface area contributed by atoms with Gasteiger partial charge in [0.25, 0.3) is 0 Å². The standard InChI is InChI=1S/C5H7NO2.C2H6/c1-3-4-5(2)6(7)8;1-2/h3-4H,1H2,2H3;1-2H3/b5-4+;. The molecule has 0 radical (unpaired) electrons. The van der Waals surface area contributed by atoms with E-state index < -0.39 is 4.92 Å². The Morgan fingerprint density at radius 3 is 2.10 bits per heavy atom. The maximum atomic E-state index is 9.78. The Bertz CT molecular complexity index is 139. The highest BCUT2D eigenvalue weighted by atomic mass is 16.6. The highest BCUT2D eigenvalue weighted by molar-refractivity contribution is 5.00. The Hall–Kier alpha value is -1.12. The Morgan fingerprint density at radius 2 is 2.00 bits per heavy atom. The van der Waals surface area contributed by atoms with Gasteiger partial charge in [0.15, 0.2) is 0 Å². The van der Waals surface area contributed by atoms with Gasteiger partial charge in [0.2, 0.25) is 5.70 Å². The summed E-state index contributed by atoms with van der Waals surface area (Å²) in [7, 11) is 0. The van der Waals surface area contributed by atoms with Crippen LogP contribution in [0.15, 0.2) is 24.4 Å². The minimum absolute atomic E-state index is 0.111. The van der Waals surface area contributed by atoms with Crippen LogP contribution in [0, 0.1) is 10.1 Å². The largest absolute Gasteiger partial charge is 0.259 e. The smallest absolute Gasteiger partial charge is 0.243 e. The minimum atomic E-state index is -0.457. The van der Waals surface area contributed by atoms with E-state index in [1.807, 2.05) is 13.8 Å². The van der Waals surface area contributed by atoms with Crippen LogP contribution in [0.2, 0.25) is 0 Å². The quantitative estimate of drug-likeness (QED) is 0.338. The molecule has 0 spiro atoms. The monoisotopic (exact) mass is 143 g/mol. The van der Waals surface area contributed by atoms with Crippen LogP contribution in [-0.4, -0.2) is 4.92 Å². The molecule has 0 unspecified atom stereocenters. The maximum Gasteiger partial charge on any atom is 0.243 e. The predicted molar refractivity (Wildman–Crippen MR) is 42.3 cm³/mol. The SMILES string of the molecule is C=C/C=C(\C)[N+](=O)[O-].CC. The van der Waals surface area contributed by atoms with Gasteiger partial charge in [-0.05, 0) is 0 Å². The van der Waals surface area contributed by atoms with E-state index in [4.69, 9.17) is 0 Å². The summed E-state index contributed by atoms with van der Waals surface area (Å²) in [5, 5.41) is 9.78. The van der Waals surface area contributed by atoms with Crippen molar-refractivity contribution >= 4 is 0 Å². The Kier molecular flexibility index (Phi) is 9.18. The van der Waals surface area contributed by atoms with Crippen molar-refractivity contribution in [3.05, 3.63) is 34.5 Å². The highest BCUT2D eigenvalue weighted by Crippen LogP contribution is 1.90. The van der Waals surface area contributed by atoms with Crippen LogP contribution in [0.5, 0.6) is 0 Å². The number of nitro groups is 1. The zero-order chi connectivity index (χ0) is 8.57. The zero-order valence-electron chi connectivity index (χ0n) is 6.63. The molecule has 0 heterocycles. The van der Waals surface area contributed by atoms with Gasteiger partial charge < -0.3 is 0 Å². The van der Waals surface area contributed by atoms with E-state index >= 15 is 0 Å². The van der Waals surface area contributed by atoms with Crippen LogP contribution in [0.4, 0.5) is 0 Å². The van der Waals surface area contributed by atoms with E-state index in [-0.39, 0.29) is 5.70 Å². The normalized spacial score (nSPS) is 9.30. The summed E-state index contributed by atoms with van der Waals surface area (Å²) in [4.78, 5) is 9.32. The first-order valence-corrected chi connectivity index (χ1v) is 3.12. The molecule has 58 valence electrons.